The second-order valence-electron chi connectivity index (χ2n) is 5.47. The summed E-state index contributed by atoms with van der Waals surface area (Å²) in [7, 11) is 5.77. The fourth-order valence-electron chi connectivity index (χ4n) is 2.14. The van der Waals surface area contributed by atoms with Gasteiger partial charge in [0.05, 0.1) is 12.6 Å². The predicted octanol–water partition coefficient (Wildman–Crippen LogP) is 2.49. The third-order valence-electron chi connectivity index (χ3n) is 3.36. The van der Waals surface area contributed by atoms with Gasteiger partial charge in [0.25, 0.3) is 0 Å². The highest BCUT2D eigenvalue weighted by Crippen LogP contribution is 2.22. The summed E-state index contributed by atoms with van der Waals surface area (Å²) < 4.78 is 5.01. The number of aromatic nitrogens is 1. The number of hydrogen-bond donors (Lipinski definition) is 1. The first-order valence-electron chi connectivity index (χ1n) is 7.08. The van der Waals surface area contributed by atoms with Crippen molar-refractivity contribution in [2.45, 2.75) is 19.5 Å². The van der Waals surface area contributed by atoms with Crippen LogP contribution < -0.4 is 5.32 Å². The molecular weight excluding hydrogens is 300 g/mol. The molecule has 2 heterocycles. The number of rotatable bonds is 6. The van der Waals surface area contributed by atoms with Crippen molar-refractivity contribution >= 4 is 17.4 Å². The van der Waals surface area contributed by atoms with Gasteiger partial charge in [-0.2, -0.15) is 0 Å². The van der Waals surface area contributed by atoms with Crippen LogP contribution in [0.2, 0.25) is 0 Å². The molecule has 6 nitrogen and oxygen atoms in total. The van der Waals surface area contributed by atoms with Gasteiger partial charge in [-0.1, -0.05) is 11.2 Å². The first-order valence-corrected chi connectivity index (χ1v) is 7.96. The van der Waals surface area contributed by atoms with Gasteiger partial charge in [0.1, 0.15) is 11.5 Å². The molecular formula is C15H22N4O2S. The van der Waals surface area contributed by atoms with Crippen LogP contribution in [0.1, 0.15) is 22.4 Å². The quantitative estimate of drug-likeness (QED) is 0.887. The van der Waals surface area contributed by atoms with Crippen LogP contribution >= 0.6 is 11.3 Å². The molecule has 2 amide bonds. The van der Waals surface area contributed by atoms with Crippen molar-refractivity contribution in [3.63, 3.8) is 0 Å². The summed E-state index contributed by atoms with van der Waals surface area (Å²) in [5.41, 5.74) is 0.748. The number of hydrogen-bond acceptors (Lipinski definition) is 5. The molecule has 2 rings (SSSR count). The number of carbonyl (C=O) groups is 1. The fourth-order valence-corrected chi connectivity index (χ4v) is 3.07. The van der Waals surface area contributed by atoms with Crippen molar-refractivity contribution in [3.05, 3.63) is 39.9 Å². The largest absolute Gasteiger partial charge is 0.361 e. The number of urea groups is 1. The lowest BCUT2D eigenvalue weighted by atomic mass is 10.2. The Morgan fingerprint density at radius 1 is 1.45 bits per heavy atom. The lowest BCUT2D eigenvalue weighted by Crippen LogP contribution is -2.41. The fraction of sp³-hybridized carbons (Fsp3) is 0.467. The zero-order chi connectivity index (χ0) is 16.1. The summed E-state index contributed by atoms with van der Waals surface area (Å²) in [4.78, 5) is 17.1. The Labute approximate surface area is 134 Å². The minimum Gasteiger partial charge on any atom is -0.361 e. The Morgan fingerprint density at radius 3 is 2.77 bits per heavy atom. The first-order chi connectivity index (χ1) is 10.5. The van der Waals surface area contributed by atoms with E-state index in [-0.39, 0.29) is 12.1 Å². The van der Waals surface area contributed by atoms with Crippen LogP contribution in [0, 0.1) is 6.92 Å². The van der Waals surface area contributed by atoms with E-state index < -0.39 is 0 Å². The van der Waals surface area contributed by atoms with Gasteiger partial charge in [-0.15, -0.1) is 11.3 Å². The minimum absolute atomic E-state index is 0.121. The topological polar surface area (TPSA) is 61.6 Å². The van der Waals surface area contributed by atoms with E-state index >= 15 is 0 Å². The molecule has 0 spiro atoms. The molecule has 0 unspecified atom stereocenters. The number of likely N-dealkylation sites (N-methyl/N-ethyl adjacent to an activating group) is 1. The minimum atomic E-state index is -0.121. The molecule has 0 saturated carbocycles. The van der Waals surface area contributed by atoms with Crippen molar-refractivity contribution in [1.82, 2.24) is 20.3 Å². The summed E-state index contributed by atoms with van der Waals surface area (Å²) in [6.45, 7) is 2.82. The van der Waals surface area contributed by atoms with Crippen LogP contribution in [0.15, 0.2) is 28.1 Å². The summed E-state index contributed by atoms with van der Waals surface area (Å²) in [6.07, 6.45) is 0. The Bertz CT molecular complexity index is 594. The van der Waals surface area contributed by atoms with Gasteiger partial charge < -0.3 is 19.6 Å². The number of thiophene rings is 1. The van der Waals surface area contributed by atoms with Crippen LogP contribution in [0.5, 0.6) is 0 Å². The van der Waals surface area contributed by atoms with Crippen LogP contribution in [0.4, 0.5) is 4.79 Å². The maximum atomic E-state index is 12.2. The molecule has 22 heavy (non-hydrogen) atoms. The summed E-state index contributed by atoms with van der Waals surface area (Å²) >= 11 is 1.70. The lowest BCUT2D eigenvalue weighted by molar-refractivity contribution is 0.200. The highest BCUT2D eigenvalue weighted by atomic mass is 32.1. The molecule has 0 aliphatic carbocycles. The van der Waals surface area contributed by atoms with Gasteiger partial charge >= 0.3 is 6.03 Å². The van der Waals surface area contributed by atoms with Crippen molar-refractivity contribution in [2.75, 3.05) is 27.7 Å². The molecule has 0 radical (unpaired) electrons. The average Bonchev–Trinajstić information content (AvgIpc) is 3.10. The molecule has 0 aliphatic heterocycles. The molecule has 2 aromatic rings. The van der Waals surface area contributed by atoms with Crippen molar-refractivity contribution in [3.8, 4) is 0 Å². The number of nitrogens with one attached hydrogen (secondary N) is 1. The molecule has 0 aromatic carbocycles. The zero-order valence-corrected chi connectivity index (χ0v) is 14.2. The Hall–Kier alpha value is -1.86. The molecule has 0 fully saturated rings. The summed E-state index contributed by atoms with van der Waals surface area (Å²) in [6, 6.07) is 5.99. The van der Waals surface area contributed by atoms with Crippen LogP contribution in [-0.4, -0.2) is 48.7 Å². The third kappa shape index (κ3) is 4.32. The van der Waals surface area contributed by atoms with E-state index in [1.165, 1.54) is 4.88 Å². The lowest BCUT2D eigenvalue weighted by Gasteiger charge is -2.25. The van der Waals surface area contributed by atoms with E-state index in [0.29, 0.717) is 13.1 Å². The van der Waals surface area contributed by atoms with Crippen molar-refractivity contribution in [1.29, 1.82) is 0 Å². The van der Waals surface area contributed by atoms with Gasteiger partial charge in [0, 0.05) is 24.5 Å². The smallest absolute Gasteiger partial charge is 0.317 e. The van der Waals surface area contributed by atoms with Crippen molar-refractivity contribution in [2.24, 2.45) is 0 Å². The summed E-state index contributed by atoms with van der Waals surface area (Å²) in [5, 5.41) is 8.92. The molecule has 7 heteroatoms. The molecule has 2 aromatic heterocycles. The Morgan fingerprint density at radius 2 is 2.23 bits per heavy atom. The number of nitrogens with zero attached hydrogens (tertiary/aromatic N) is 3. The number of carbonyl (C=O) groups excluding carboxylic acids is 1. The van der Waals surface area contributed by atoms with Crippen LogP contribution in [-0.2, 0) is 6.54 Å². The van der Waals surface area contributed by atoms with Gasteiger partial charge in [0.15, 0.2) is 0 Å². The van der Waals surface area contributed by atoms with Gasteiger partial charge in [-0.25, -0.2) is 4.79 Å². The van der Waals surface area contributed by atoms with E-state index in [1.807, 2.05) is 38.5 Å². The molecule has 0 bridgehead atoms. The Kier molecular flexibility index (Phi) is 5.57. The second-order valence-corrected chi connectivity index (χ2v) is 6.45. The number of amides is 2. The van der Waals surface area contributed by atoms with Crippen molar-refractivity contribution < 1.29 is 9.32 Å². The Balaban J connectivity index is 1.88. The highest BCUT2D eigenvalue weighted by molar-refractivity contribution is 7.10. The maximum Gasteiger partial charge on any atom is 0.317 e. The van der Waals surface area contributed by atoms with E-state index in [9.17, 15) is 4.79 Å². The van der Waals surface area contributed by atoms with E-state index in [0.717, 1.165) is 11.5 Å². The van der Waals surface area contributed by atoms with Crippen LogP contribution in [0.25, 0.3) is 0 Å². The van der Waals surface area contributed by atoms with E-state index in [2.05, 4.69) is 21.4 Å². The van der Waals surface area contributed by atoms with E-state index in [4.69, 9.17) is 4.52 Å². The SMILES string of the molecule is Cc1cc(CN(C)C(=O)NC[C@@H](c2cccs2)N(C)C)no1. The van der Waals surface area contributed by atoms with Gasteiger partial charge in [-0.05, 0) is 32.5 Å². The molecule has 0 aliphatic rings. The van der Waals surface area contributed by atoms with Crippen LogP contribution in [0.3, 0.4) is 0 Å². The summed E-state index contributed by atoms with van der Waals surface area (Å²) in [5.74, 6) is 0.745. The molecule has 1 N–H and O–H groups in total. The standard InChI is InChI=1S/C15H22N4O2S/c1-11-8-12(17-21-11)10-19(4)15(20)16-9-13(18(2)3)14-6-5-7-22-14/h5-8,13H,9-10H2,1-4H3,(H,16,20)/t13-/m0/s1. The normalized spacial score (nSPS) is 12.4. The zero-order valence-electron chi connectivity index (χ0n) is 13.4. The first kappa shape index (κ1) is 16.5. The number of aryl methyl sites for hydroxylation is 1. The average molecular weight is 322 g/mol. The highest BCUT2D eigenvalue weighted by Gasteiger charge is 2.18. The van der Waals surface area contributed by atoms with E-state index in [1.54, 1.807) is 23.3 Å². The maximum absolute atomic E-state index is 12.2. The second kappa shape index (κ2) is 7.42. The van der Waals surface area contributed by atoms with Gasteiger partial charge in [-0.3, -0.25) is 0 Å². The van der Waals surface area contributed by atoms with Gasteiger partial charge in [0.2, 0.25) is 0 Å². The molecule has 0 saturated heterocycles. The molecule has 120 valence electrons. The molecule has 1 atom stereocenters. The predicted molar refractivity (Wildman–Crippen MR) is 86.9 cm³/mol. The third-order valence-corrected chi connectivity index (χ3v) is 4.34. The monoisotopic (exact) mass is 322 g/mol.